The maximum absolute atomic E-state index is 14.0. The lowest BCUT2D eigenvalue weighted by molar-refractivity contribution is -0.136. The van der Waals surface area contributed by atoms with Crippen molar-refractivity contribution >= 4 is 17.5 Å². The summed E-state index contributed by atoms with van der Waals surface area (Å²) >= 11 is 0. The summed E-state index contributed by atoms with van der Waals surface area (Å²) in [5.41, 5.74) is 3.72. The van der Waals surface area contributed by atoms with Gasteiger partial charge in [-0.1, -0.05) is 43.3 Å². The number of rotatable bonds is 8. The molecule has 0 spiro atoms. The van der Waals surface area contributed by atoms with Crippen LogP contribution in [-0.2, 0) is 11.2 Å². The summed E-state index contributed by atoms with van der Waals surface area (Å²) in [6, 6.07) is 18.1. The van der Waals surface area contributed by atoms with Crippen molar-refractivity contribution in [2.75, 3.05) is 23.7 Å². The standard InChI is InChI=1S/C25H27FN4O2/c1-16(18-9-7-17(8-10-18)12-23(31)32)14-29-24(19-4-2-5-20(26)13-19)22-15-28-21-6-3-11-27-25(21)30-22/h2-11,13,16,22,24,28-29H,12,14-15H2,1H3,(H,27,30)(H,31,32)/t16-,22+,24+/m0/s1. The van der Waals surface area contributed by atoms with Crippen LogP contribution < -0.4 is 16.0 Å². The van der Waals surface area contributed by atoms with Gasteiger partial charge in [0.1, 0.15) is 11.6 Å². The Morgan fingerprint density at radius 2 is 2.00 bits per heavy atom. The molecule has 0 amide bonds. The summed E-state index contributed by atoms with van der Waals surface area (Å²) in [6.07, 6.45) is 1.76. The van der Waals surface area contributed by atoms with Crippen LogP contribution in [0.25, 0.3) is 0 Å². The minimum absolute atomic E-state index is 0.0183. The van der Waals surface area contributed by atoms with Crippen molar-refractivity contribution in [3.63, 3.8) is 0 Å². The Kier molecular flexibility index (Phi) is 6.66. The van der Waals surface area contributed by atoms with Crippen LogP contribution in [-0.4, -0.2) is 35.2 Å². The normalized spacial score (nSPS) is 16.9. The van der Waals surface area contributed by atoms with E-state index in [9.17, 15) is 9.18 Å². The third-order valence-corrected chi connectivity index (χ3v) is 5.80. The number of aliphatic carboxylic acids is 1. The number of fused-ring (bicyclic) bond motifs is 1. The lowest BCUT2D eigenvalue weighted by atomic mass is 9.95. The molecule has 0 unspecified atom stereocenters. The van der Waals surface area contributed by atoms with Crippen LogP contribution in [0.4, 0.5) is 15.9 Å². The number of nitrogens with zero attached hydrogens (tertiary/aromatic N) is 1. The molecule has 2 aromatic carbocycles. The fraction of sp³-hybridized carbons (Fsp3) is 0.280. The van der Waals surface area contributed by atoms with Gasteiger partial charge in [-0.15, -0.1) is 0 Å². The van der Waals surface area contributed by atoms with Crippen LogP contribution in [0.3, 0.4) is 0 Å². The molecule has 1 aliphatic rings. The van der Waals surface area contributed by atoms with Gasteiger partial charge in [0.05, 0.1) is 24.2 Å². The lowest BCUT2D eigenvalue weighted by Gasteiger charge is -2.35. The van der Waals surface area contributed by atoms with E-state index >= 15 is 0 Å². The highest BCUT2D eigenvalue weighted by atomic mass is 19.1. The van der Waals surface area contributed by atoms with Crippen molar-refractivity contribution in [2.24, 2.45) is 0 Å². The van der Waals surface area contributed by atoms with Gasteiger partial charge in [0.25, 0.3) is 0 Å². The van der Waals surface area contributed by atoms with Crippen LogP contribution in [0.2, 0.25) is 0 Å². The quantitative estimate of drug-likeness (QED) is 0.425. The number of carboxylic acid groups (broad SMARTS) is 1. The van der Waals surface area contributed by atoms with E-state index in [1.165, 1.54) is 6.07 Å². The average Bonchev–Trinajstić information content (AvgIpc) is 2.79. The van der Waals surface area contributed by atoms with Crippen molar-refractivity contribution in [3.8, 4) is 0 Å². The largest absolute Gasteiger partial charge is 0.481 e. The third kappa shape index (κ3) is 5.23. The Morgan fingerprint density at radius 1 is 1.19 bits per heavy atom. The van der Waals surface area contributed by atoms with Crippen LogP contribution >= 0.6 is 0 Å². The molecule has 0 radical (unpaired) electrons. The smallest absolute Gasteiger partial charge is 0.307 e. The van der Waals surface area contributed by atoms with E-state index < -0.39 is 5.97 Å². The second kappa shape index (κ2) is 9.78. The van der Waals surface area contributed by atoms with Crippen LogP contribution in [0.1, 0.15) is 35.6 Å². The minimum atomic E-state index is -0.838. The molecule has 32 heavy (non-hydrogen) atoms. The zero-order chi connectivity index (χ0) is 22.5. The molecular weight excluding hydrogens is 407 g/mol. The first-order chi connectivity index (χ1) is 15.5. The summed E-state index contributed by atoms with van der Waals surface area (Å²) in [4.78, 5) is 15.3. The maximum atomic E-state index is 14.0. The molecule has 0 saturated heterocycles. The van der Waals surface area contributed by atoms with E-state index in [1.807, 2.05) is 42.5 Å². The first kappa shape index (κ1) is 21.8. The summed E-state index contributed by atoms with van der Waals surface area (Å²) in [5.74, 6) is -0.130. The summed E-state index contributed by atoms with van der Waals surface area (Å²) in [5, 5.41) is 19.5. The first-order valence-electron chi connectivity index (χ1n) is 10.7. The highest BCUT2D eigenvalue weighted by molar-refractivity contribution is 5.70. The summed E-state index contributed by atoms with van der Waals surface area (Å²) in [6.45, 7) is 3.46. The predicted octanol–water partition coefficient (Wildman–Crippen LogP) is 4.19. The Bertz CT molecular complexity index is 1070. The van der Waals surface area contributed by atoms with E-state index in [0.717, 1.165) is 28.2 Å². The van der Waals surface area contributed by atoms with Gasteiger partial charge in [-0.25, -0.2) is 9.37 Å². The second-order valence-electron chi connectivity index (χ2n) is 8.19. The topological polar surface area (TPSA) is 86.3 Å². The molecule has 3 atom stereocenters. The van der Waals surface area contributed by atoms with Crippen LogP contribution in [0.15, 0.2) is 66.9 Å². The lowest BCUT2D eigenvalue weighted by Crippen LogP contribution is -2.45. The van der Waals surface area contributed by atoms with Crippen molar-refractivity contribution in [1.82, 2.24) is 10.3 Å². The molecule has 166 valence electrons. The van der Waals surface area contributed by atoms with Gasteiger partial charge in [-0.2, -0.15) is 0 Å². The molecule has 0 aliphatic carbocycles. The van der Waals surface area contributed by atoms with E-state index in [1.54, 1.807) is 18.3 Å². The second-order valence-corrected chi connectivity index (χ2v) is 8.19. The van der Waals surface area contributed by atoms with Crippen molar-refractivity contribution in [2.45, 2.75) is 31.3 Å². The van der Waals surface area contributed by atoms with Gasteiger partial charge < -0.3 is 21.1 Å². The molecule has 0 fully saturated rings. The summed E-state index contributed by atoms with van der Waals surface area (Å²) < 4.78 is 14.0. The molecule has 1 aliphatic heterocycles. The molecule has 2 heterocycles. The molecule has 4 rings (SSSR count). The average molecular weight is 435 g/mol. The highest BCUT2D eigenvalue weighted by Crippen LogP contribution is 2.29. The van der Waals surface area contributed by atoms with Crippen LogP contribution in [0.5, 0.6) is 0 Å². The van der Waals surface area contributed by atoms with Gasteiger partial charge in [0.2, 0.25) is 0 Å². The fourth-order valence-corrected chi connectivity index (χ4v) is 4.06. The van der Waals surface area contributed by atoms with Gasteiger partial charge in [-0.3, -0.25) is 4.79 Å². The predicted molar refractivity (Wildman–Crippen MR) is 123 cm³/mol. The molecule has 4 N–H and O–H groups in total. The SMILES string of the molecule is C[C@@H](CN[C@H](c1cccc(F)c1)[C@H]1CNc2cccnc2N1)c1ccc(CC(=O)O)cc1. The number of hydrogen-bond donors (Lipinski definition) is 4. The molecule has 0 bridgehead atoms. The number of hydrogen-bond acceptors (Lipinski definition) is 5. The number of carboxylic acids is 1. The van der Waals surface area contributed by atoms with Crippen molar-refractivity contribution in [3.05, 3.63) is 89.4 Å². The Balaban J connectivity index is 1.49. The number of anilines is 2. The zero-order valence-corrected chi connectivity index (χ0v) is 17.9. The van der Waals surface area contributed by atoms with Crippen molar-refractivity contribution < 1.29 is 14.3 Å². The molecule has 3 aromatic rings. The van der Waals surface area contributed by atoms with Gasteiger partial charge in [0.15, 0.2) is 0 Å². The fourth-order valence-electron chi connectivity index (χ4n) is 4.06. The van der Waals surface area contributed by atoms with Gasteiger partial charge in [-0.05, 0) is 46.9 Å². The maximum Gasteiger partial charge on any atom is 0.307 e. The van der Waals surface area contributed by atoms with Gasteiger partial charge >= 0.3 is 5.97 Å². The van der Waals surface area contributed by atoms with Crippen LogP contribution in [0, 0.1) is 5.82 Å². The first-order valence-corrected chi connectivity index (χ1v) is 10.7. The minimum Gasteiger partial charge on any atom is -0.481 e. The highest BCUT2D eigenvalue weighted by Gasteiger charge is 2.28. The number of halogens is 1. The number of nitrogens with one attached hydrogen (secondary N) is 3. The Hall–Kier alpha value is -3.45. The van der Waals surface area contributed by atoms with Gasteiger partial charge in [0, 0.05) is 19.3 Å². The Morgan fingerprint density at radius 3 is 2.75 bits per heavy atom. The molecule has 6 nitrogen and oxygen atoms in total. The molecule has 0 saturated carbocycles. The number of carbonyl (C=O) groups is 1. The van der Waals surface area contributed by atoms with E-state index in [-0.39, 0.29) is 30.2 Å². The Labute approximate surface area is 186 Å². The number of benzene rings is 2. The van der Waals surface area contributed by atoms with E-state index in [0.29, 0.717) is 13.1 Å². The molecule has 7 heteroatoms. The van der Waals surface area contributed by atoms with E-state index in [4.69, 9.17) is 5.11 Å². The van der Waals surface area contributed by atoms with E-state index in [2.05, 4.69) is 27.9 Å². The molecular formula is C25H27FN4O2. The monoisotopic (exact) mass is 434 g/mol. The van der Waals surface area contributed by atoms with Crippen molar-refractivity contribution in [1.29, 1.82) is 0 Å². The number of aromatic nitrogens is 1. The summed E-state index contributed by atoms with van der Waals surface area (Å²) in [7, 11) is 0. The molecule has 1 aromatic heterocycles. The number of pyridine rings is 1. The zero-order valence-electron chi connectivity index (χ0n) is 17.9. The third-order valence-electron chi connectivity index (χ3n) is 5.80.